The van der Waals surface area contributed by atoms with Gasteiger partial charge in [-0.05, 0) is 25.5 Å². The molecular formula is C20H17N3O3. The zero-order chi connectivity index (χ0) is 18.1. The molecule has 4 aromatic rings. The highest BCUT2D eigenvalue weighted by molar-refractivity contribution is 5.90. The summed E-state index contributed by atoms with van der Waals surface area (Å²) >= 11 is 0. The van der Waals surface area contributed by atoms with Crippen molar-refractivity contribution in [3.63, 3.8) is 0 Å². The van der Waals surface area contributed by atoms with Crippen molar-refractivity contribution in [3.8, 4) is 11.6 Å². The predicted molar refractivity (Wildman–Crippen MR) is 96.6 cm³/mol. The molecule has 1 N–H and O–H groups in total. The third-order valence-corrected chi connectivity index (χ3v) is 4.24. The lowest BCUT2D eigenvalue weighted by atomic mass is 10.1. The molecule has 4 rings (SSSR count). The fourth-order valence-electron chi connectivity index (χ4n) is 2.76. The van der Waals surface area contributed by atoms with Crippen LogP contribution < -0.4 is 5.32 Å². The zero-order valence-corrected chi connectivity index (χ0v) is 14.4. The Morgan fingerprint density at radius 2 is 1.85 bits per heavy atom. The van der Waals surface area contributed by atoms with Crippen LogP contribution in [0.5, 0.6) is 0 Å². The number of amides is 1. The van der Waals surface area contributed by atoms with E-state index in [9.17, 15) is 4.79 Å². The molecule has 0 bridgehead atoms. The van der Waals surface area contributed by atoms with Crippen molar-refractivity contribution in [1.29, 1.82) is 0 Å². The van der Waals surface area contributed by atoms with Gasteiger partial charge in [0.05, 0.1) is 0 Å². The molecule has 0 saturated heterocycles. The molecule has 0 spiro atoms. The average molecular weight is 347 g/mol. The smallest absolute Gasteiger partial charge is 0.316 e. The second-order valence-corrected chi connectivity index (χ2v) is 6.14. The summed E-state index contributed by atoms with van der Waals surface area (Å²) in [6, 6.07) is 15.6. The minimum atomic E-state index is -0.418. The third-order valence-electron chi connectivity index (χ3n) is 4.24. The molecule has 2 heterocycles. The van der Waals surface area contributed by atoms with Gasteiger partial charge in [-0.15, -0.1) is 0 Å². The molecular weight excluding hydrogens is 330 g/mol. The number of nitrogens with zero attached hydrogens (tertiary/aromatic N) is 2. The normalized spacial score (nSPS) is 11.0. The summed E-state index contributed by atoms with van der Waals surface area (Å²) in [6.07, 6.45) is 0. The van der Waals surface area contributed by atoms with Gasteiger partial charge in [-0.1, -0.05) is 53.2 Å². The maximum atomic E-state index is 12.2. The van der Waals surface area contributed by atoms with Crippen LogP contribution in [0.2, 0.25) is 0 Å². The number of aryl methyl sites for hydroxylation is 2. The topological polar surface area (TPSA) is 81.2 Å². The fraction of sp³-hybridized carbons (Fsp3) is 0.150. The van der Waals surface area contributed by atoms with Gasteiger partial charge in [0.15, 0.2) is 5.76 Å². The molecule has 2 aromatic carbocycles. The SMILES string of the molecule is Cc1ccc(CNC(=O)c2nc(-c3oc4ccccc4c3C)no2)cc1. The van der Waals surface area contributed by atoms with E-state index < -0.39 is 5.91 Å². The molecule has 0 fully saturated rings. The Bertz CT molecular complexity index is 1080. The number of fused-ring (bicyclic) bond motifs is 1. The van der Waals surface area contributed by atoms with E-state index in [0.717, 1.165) is 22.1 Å². The van der Waals surface area contributed by atoms with Crippen LogP contribution in [-0.2, 0) is 6.54 Å². The van der Waals surface area contributed by atoms with E-state index in [2.05, 4.69) is 15.5 Å². The van der Waals surface area contributed by atoms with E-state index in [1.807, 2.05) is 62.4 Å². The number of furan rings is 1. The highest BCUT2D eigenvalue weighted by Crippen LogP contribution is 2.31. The van der Waals surface area contributed by atoms with Gasteiger partial charge in [-0.3, -0.25) is 4.79 Å². The minimum Gasteiger partial charge on any atom is -0.452 e. The van der Waals surface area contributed by atoms with Gasteiger partial charge in [-0.2, -0.15) is 4.98 Å². The van der Waals surface area contributed by atoms with Crippen molar-refractivity contribution in [2.75, 3.05) is 0 Å². The third kappa shape index (κ3) is 2.97. The first-order valence-corrected chi connectivity index (χ1v) is 8.28. The van der Waals surface area contributed by atoms with Crippen molar-refractivity contribution in [2.24, 2.45) is 0 Å². The second kappa shape index (κ2) is 6.48. The number of nitrogens with one attached hydrogen (secondary N) is 1. The fourth-order valence-corrected chi connectivity index (χ4v) is 2.76. The number of aromatic nitrogens is 2. The van der Waals surface area contributed by atoms with Crippen LogP contribution in [0.1, 0.15) is 27.4 Å². The molecule has 0 saturated carbocycles. The van der Waals surface area contributed by atoms with E-state index in [-0.39, 0.29) is 11.7 Å². The zero-order valence-electron chi connectivity index (χ0n) is 14.4. The van der Waals surface area contributed by atoms with Gasteiger partial charge in [-0.25, -0.2) is 0 Å². The van der Waals surface area contributed by atoms with Gasteiger partial charge in [0.25, 0.3) is 0 Å². The number of hydrogen-bond acceptors (Lipinski definition) is 5. The average Bonchev–Trinajstić information content (AvgIpc) is 3.26. The van der Waals surface area contributed by atoms with Crippen LogP contribution in [0.15, 0.2) is 57.5 Å². The monoisotopic (exact) mass is 347 g/mol. The molecule has 0 radical (unpaired) electrons. The van der Waals surface area contributed by atoms with E-state index in [4.69, 9.17) is 8.94 Å². The summed E-state index contributed by atoms with van der Waals surface area (Å²) in [5, 5.41) is 7.65. The van der Waals surface area contributed by atoms with Crippen LogP contribution in [0.4, 0.5) is 0 Å². The molecule has 6 heteroatoms. The number of rotatable bonds is 4. The summed E-state index contributed by atoms with van der Waals surface area (Å²) in [5.41, 5.74) is 3.82. The number of carbonyl (C=O) groups excluding carboxylic acids is 1. The summed E-state index contributed by atoms with van der Waals surface area (Å²) in [4.78, 5) is 16.4. The first-order chi connectivity index (χ1) is 12.6. The number of benzene rings is 2. The van der Waals surface area contributed by atoms with Crippen molar-refractivity contribution < 1.29 is 13.7 Å². The summed E-state index contributed by atoms with van der Waals surface area (Å²) in [6.45, 7) is 4.33. The van der Waals surface area contributed by atoms with Crippen molar-refractivity contribution in [1.82, 2.24) is 15.5 Å². The standard InChI is InChI=1S/C20H17N3O3/c1-12-7-9-14(10-8-12)11-21-19(24)20-22-18(23-26-20)17-13(2)15-5-3-4-6-16(15)25-17/h3-10H,11H2,1-2H3,(H,21,24). The number of carbonyl (C=O) groups is 1. The summed E-state index contributed by atoms with van der Waals surface area (Å²) in [7, 11) is 0. The first-order valence-electron chi connectivity index (χ1n) is 8.28. The molecule has 0 aliphatic heterocycles. The Morgan fingerprint density at radius 3 is 2.62 bits per heavy atom. The lowest BCUT2D eigenvalue weighted by Crippen LogP contribution is -2.23. The molecule has 0 aliphatic carbocycles. The highest BCUT2D eigenvalue weighted by Gasteiger charge is 2.20. The maximum Gasteiger partial charge on any atom is 0.316 e. The largest absolute Gasteiger partial charge is 0.452 e. The Kier molecular flexibility index (Phi) is 4.01. The molecule has 26 heavy (non-hydrogen) atoms. The van der Waals surface area contributed by atoms with Gasteiger partial charge >= 0.3 is 11.8 Å². The van der Waals surface area contributed by atoms with Crippen LogP contribution in [0, 0.1) is 13.8 Å². The van der Waals surface area contributed by atoms with E-state index >= 15 is 0 Å². The van der Waals surface area contributed by atoms with Crippen LogP contribution in [0.25, 0.3) is 22.6 Å². The van der Waals surface area contributed by atoms with Gasteiger partial charge in [0.2, 0.25) is 5.82 Å². The number of hydrogen-bond donors (Lipinski definition) is 1. The summed E-state index contributed by atoms with van der Waals surface area (Å²) in [5.74, 6) is 0.261. The van der Waals surface area contributed by atoms with Gasteiger partial charge < -0.3 is 14.3 Å². The lowest BCUT2D eigenvalue weighted by Gasteiger charge is -2.02. The van der Waals surface area contributed by atoms with Crippen LogP contribution in [-0.4, -0.2) is 16.0 Å². The number of para-hydroxylation sites is 1. The van der Waals surface area contributed by atoms with Crippen LogP contribution in [0.3, 0.4) is 0 Å². The van der Waals surface area contributed by atoms with Crippen molar-refractivity contribution in [3.05, 3.63) is 71.1 Å². The van der Waals surface area contributed by atoms with E-state index in [1.165, 1.54) is 5.56 Å². The molecule has 130 valence electrons. The Labute approximate surface area is 149 Å². The summed E-state index contributed by atoms with van der Waals surface area (Å²) < 4.78 is 10.9. The Hall–Kier alpha value is -3.41. The highest BCUT2D eigenvalue weighted by atomic mass is 16.5. The van der Waals surface area contributed by atoms with E-state index in [1.54, 1.807) is 0 Å². The predicted octanol–water partition coefficient (Wildman–Crippen LogP) is 4.03. The first kappa shape index (κ1) is 16.1. The minimum absolute atomic E-state index is 0.0908. The maximum absolute atomic E-state index is 12.2. The van der Waals surface area contributed by atoms with E-state index in [0.29, 0.717) is 12.3 Å². The Balaban J connectivity index is 1.52. The van der Waals surface area contributed by atoms with Gasteiger partial charge in [0, 0.05) is 17.5 Å². The molecule has 0 unspecified atom stereocenters. The van der Waals surface area contributed by atoms with Gasteiger partial charge in [0.1, 0.15) is 5.58 Å². The quantitative estimate of drug-likeness (QED) is 0.603. The molecule has 6 nitrogen and oxygen atoms in total. The molecule has 0 aliphatic rings. The molecule has 0 atom stereocenters. The van der Waals surface area contributed by atoms with Crippen molar-refractivity contribution in [2.45, 2.75) is 20.4 Å². The van der Waals surface area contributed by atoms with Crippen molar-refractivity contribution >= 4 is 16.9 Å². The molecule has 2 aromatic heterocycles. The molecule has 1 amide bonds. The lowest BCUT2D eigenvalue weighted by molar-refractivity contribution is 0.0907. The van der Waals surface area contributed by atoms with Crippen LogP contribution >= 0.6 is 0 Å². The Morgan fingerprint density at radius 1 is 1.08 bits per heavy atom. The second-order valence-electron chi connectivity index (χ2n) is 6.14.